The molecule has 0 saturated heterocycles. The Balaban J connectivity index is 1.96. The number of amides is 1. The molecule has 1 N–H and O–H groups in total. The Morgan fingerprint density at radius 3 is 2.33 bits per heavy atom. The van der Waals surface area contributed by atoms with E-state index in [4.69, 9.17) is 0 Å². The fraction of sp³-hybridized carbons (Fsp3) is 0.235. The van der Waals surface area contributed by atoms with Crippen LogP contribution in [0.3, 0.4) is 0 Å². The molecule has 0 radical (unpaired) electrons. The van der Waals surface area contributed by atoms with Crippen LogP contribution < -0.4 is 5.32 Å². The van der Waals surface area contributed by atoms with Gasteiger partial charge in [0, 0.05) is 19.6 Å². The number of nitrogens with one attached hydrogen (secondary N) is 1. The van der Waals surface area contributed by atoms with Crippen molar-refractivity contribution in [2.24, 2.45) is 0 Å². The maximum atomic E-state index is 13.5. The molecule has 0 aliphatic rings. The van der Waals surface area contributed by atoms with E-state index < -0.39 is 21.7 Å². The molecular weight excluding hydrogens is 331 g/mol. The van der Waals surface area contributed by atoms with Crippen molar-refractivity contribution in [1.82, 2.24) is 9.62 Å². The molecule has 2 rings (SSSR count). The van der Waals surface area contributed by atoms with Gasteiger partial charge in [0.2, 0.25) is 10.0 Å². The molecule has 0 aromatic heterocycles. The molecule has 0 aliphatic carbocycles. The van der Waals surface area contributed by atoms with Crippen LogP contribution in [0, 0.1) is 5.82 Å². The molecule has 0 heterocycles. The first-order valence-corrected chi connectivity index (χ1v) is 9.24. The molecule has 0 atom stereocenters. The zero-order valence-corrected chi connectivity index (χ0v) is 14.1. The number of halogens is 1. The van der Waals surface area contributed by atoms with Gasteiger partial charge in [0.1, 0.15) is 5.82 Å². The van der Waals surface area contributed by atoms with Crippen LogP contribution in [0.15, 0.2) is 54.6 Å². The summed E-state index contributed by atoms with van der Waals surface area (Å²) in [5, 5.41) is 2.54. The Morgan fingerprint density at radius 2 is 1.71 bits per heavy atom. The van der Waals surface area contributed by atoms with Gasteiger partial charge in [0.05, 0.1) is 11.8 Å². The highest BCUT2D eigenvalue weighted by atomic mass is 32.2. The summed E-state index contributed by atoms with van der Waals surface area (Å²) in [5.74, 6) is -1.18. The molecule has 0 unspecified atom stereocenters. The van der Waals surface area contributed by atoms with Crippen molar-refractivity contribution in [3.05, 3.63) is 71.5 Å². The summed E-state index contributed by atoms with van der Waals surface area (Å²) < 4.78 is 38.6. The molecule has 0 spiro atoms. The van der Waals surface area contributed by atoms with Crippen LogP contribution in [0.4, 0.5) is 4.39 Å². The largest absolute Gasteiger partial charge is 0.351 e. The lowest BCUT2D eigenvalue weighted by Gasteiger charge is -2.20. The third-order valence-electron chi connectivity index (χ3n) is 3.44. The van der Waals surface area contributed by atoms with Crippen LogP contribution >= 0.6 is 0 Å². The fourth-order valence-electron chi connectivity index (χ4n) is 2.18. The van der Waals surface area contributed by atoms with Gasteiger partial charge in [-0.05, 0) is 17.7 Å². The van der Waals surface area contributed by atoms with Crippen LogP contribution in [0.2, 0.25) is 0 Å². The van der Waals surface area contributed by atoms with Crippen molar-refractivity contribution in [2.45, 2.75) is 6.54 Å². The van der Waals surface area contributed by atoms with E-state index in [1.54, 1.807) is 6.07 Å². The summed E-state index contributed by atoms with van der Waals surface area (Å²) >= 11 is 0. The lowest BCUT2D eigenvalue weighted by Crippen LogP contribution is -2.37. The van der Waals surface area contributed by atoms with E-state index in [-0.39, 0.29) is 25.2 Å². The standard InChI is InChI=1S/C17H19FN2O3S/c1-24(22,23)20(13-14-7-3-2-4-8-14)12-11-19-17(21)15-9-5-6-10-16(15)18/h2-10H,11-13H2,1H3,(H,19,21). The van der Waals surface area contributed by atoms with Crippen LogP contribution in [-0.4, -0.2) is 38.0 Å². The van der Waals surface area contributed by atoms with E-state index in [1.807, 2.05) is 30.3 Å². The second kappa shape index (κ2) is 8.03. The summed E-state index contributed by atoms with van der Waals surface area (Å²) in [6.45, 7) is 0.413. The van der Waals surface area contributed by atoms with E-state index in [1.165, 1.54) is 22.5 Å². The predicted octanol–water partition coefficient (Wildman–Crippen LogP) is 2.02. The zero-order chi connectivity index (χ0) is 17.6. The third-order valence-corrected chi connectivity index (χ3v) is 4.69. The van der Waals surface area contributed by atoms with Crippen LogP contribution in [0.1, 0.15) is 15.9 Å². The molecule has 5 nitrogen and oxygen atoms in total. The van der Waals surface area contributed by atoms with E-state index in [9.17, 15) is 17.6 Å². The number of sulfonamides is 1. The minimum atomic E-state index is -3.43. The van der Waals surface area contributed by atoms with Gasteiger partial charge in [0.15, 0.2) is 0 Å². The Kier molecular flexibility index (Phi) is 6.05. The van der Waals surface area contributed by atoms with E-state index in [0.717, 1.165) is 11.8 Å². The van der Waals surface area contributed by atoms with Gasteiger partial charge in [0.25, 0.3) is 5.91 Å². The molecule has 24 heavy (non-hydrogen) atoms. The van der Waals surface area contributed by atoms with Crippen LogP contribution in [-0.2, 0) is 16.6 Å². The Hall–Kier alpha value is -2.25. The van der Waals surface area contributed by atoms with E-state index in [0.29, 0.717) is 0 Å². The molecule has 0 bridgehead atoms. The van der Waals surface area contributed by atoms with Crippen molar-refractivity contribution >= 4 is 15.9 Å². The van der Waals surface area contributed by atoms with E-state index in [2.05, 4.69) is 5.32 Å². The van der Waals surface area contributed by atoms with Gasteiger partial charge in [-0.1, -0.05) is 42.5 Å². The van der Waals surface area contributed by atoms with Crippen molar-refractivity contribution in [1.29, 1.82) is 0 Å². The van der Waals surface area contributed by atoms with Crippen molar-refractivity contribution < 1.29 is 17.6 Å². The minimum Gasteiger partial charge on any atom is -0.351 e. The van der Waals surface area contributed by atoms with Gasteiger partial charge in [-0.2, -0.15) is 4.31 Å². The first kappa shape index (κ1) is 18.1. The number of hydrogen-bond acceptors (Lipinski definition) is 3. The Labute approximate surface area is 141 Å². The average Bonchev–Trinajstić information content (AvgIpc) is 2.54. The van der Waals surface area contributed by atoms with Gasteiger partial charge in [-0.15, -0.1) is 0 Å². The second-order valence-electron chi connectivity index (χ2n) is 5.32. The third kappa shape index (κ3) is 5.14. The highest BCUT2D eigenvalue weighted by Crippen LogP contribution is 2.08. The maximum Gasteiger partial charge on any atom is 0.254 e. The summed E-state index contributed by atoms with van der Waals surface area (Å²) in [7, 11) is -3.43. The number of nitrogens with zero attached hydrogens (tertiary/aromatic N) is 1. The van der Waals surface area contributed by atoms with Crippen molar-refractivity contribution in [3.8, 4) is 0 Å². The number of benzene rings is 2. The van der Waals surface area contributed by atoms with Gasteiger partial charge >= 0.3 is 0 Å². The lowest BCUT2D eigenvalue weighted by molar-refractivity contribution is 0.0947. The topological polar surface area (TPSA) is 66.5 Å². The zero-order valence-electron chi connectivity index (χ0n) is 13.3. The monoisotopic (exact) mass is 350 g/mol. The smallest absolute Gasteiger partial charge is 0.254 e. The molecule has 2 aromatic rings. The summed E-state index contributed by atoms with van der Waals surface area (Å²) in [4.78, 5) is 11.9. The molecule has 7 heteroatoms. The average molecular weight is 350 g/mol. The molecular formula is C17H19FN2O3S. The van der Waals surface area contributed by atoms with E-state index >= 15 is 0 Å². The number of hydrogen-bond donors (Lipinski definition) is 1. The van der Waals surface area contributed by atoms with Gasteiger partial charge in [-0.25, -0.2) is 12.8 Å². The van der Waals surface area contributed by atoms with Gasteiger partial charge < -0.3 is 5.32 Å². The van der Waals surface area contributed by atoms with Crippen LogP contribution in [0.5, 0.6) is 0 Å². The fourth-order valence-corrected chi connectivity index (χ4v) is 2.99. The number of rotatable bonds is 7. The Bertz CT molecular complexity index is 794. The SMILES string of the molecule is CS(=O)(=O)N(CCNC(=O)c1ccccc1F)Cc1ccccc1. The first-order valence-electron chi connectivity index (χ1n) is 7.39. The lowest BCUT2D eigenvalue weighted by atomic mass is 10.2. The molecule has 2 aromatic carbocycles. The summed E-state index contributed by atoms with van der Waals surface area (Å²) in [6, 6.07) is 14.8. The second-order valence-corrected chi connectivity index (χ2v) is 7.30. The number of carbonyl (C=O) groups is 1. The highest BCUT2D eigenvalue weighted by molar-refractivity contribution is 7.88. The van der Waals surface area contributed by atoms with Crippen molar-refractivity contribution in [3.63, 3.8) is 0 Å². The number of carbonyl (C=O) groups excluding carboxylic acids is 1. The minimum absolute atomic E-state index is 0.0635. The van der Waals surface area contributed by atoms with Crippen LogP contribution in [0.25, 0.3) is 0 Å². The van der Waals surface area contributed by atoms with Gasteiger partial charge in [-0.3, -0.25) is 4.79 Å². The molecule has 128 valence electrons. The predicted molar refractivity (Wildman–Crippen MR) is 90.4 cm³/mol. The quantitative estimate of drug-likeness (QED) is 0.831. The Morgan fingerprint density at radius 1 is 1.08 bits per heavy atom. The molecule has 0 fully saturated rings. The molecule has 1 amide bonds. The molecule has 0 saturated carbocycles. The normalized spacial score (nSPS) is 11.5. The molecule has 0 aliphatic heterocycles. The maximum absolute atomic E-state index is 13.5. The summed E-state index contributed by atoms with van der Waals surface area (Å²) in [6.07, 6.45) is 1.12. The first-order chi connectivity index (χ1) is 11.4. The summed E-state index contributed by atoms with van der Waals surface area (Å²) in [5.41, 5.74) is 0.787. The highest BCUT2D eigenvalue weighted by Gasteiger charge is 2.17. The van der Waals surface area contributed by atoms with Crippen molar-refractivity contribution in [2.75, 3.05) is 19.3 Å².